The van der Waals surface area contributed by atoms with E-state index in [1.807, 2.05) is 20.8 Å². The van der Waals surface area contributed by atoms with Crippen molar-refractivity contribution in [1.82, 2.24) is 9.55 Å². The Morgan fingerprint density at radius 2 is 2.21 bits per heavy atom. The number of imidazole rings is 1. The Morgan fingerprint density at radius 3 is 2.64 bits per heavy atom. The van der Waals surface area contributed by atoms with Gasteiger partial charge >= 0.3 is 0 Å². The number of aliphatic hydroxyl groups excluding tert-OH is 1. The minimum Gasteiger partial charge on any atom is -0.392 e. The van der Waals surface area contributed by atoms with E-state index < -0.39 is 6.10 Å². The van der Waals surface area contributed by atoms with Crippen LogP contribution in [0.25, 0.3) is 0 Å². The fourth-order valence-corrected chi connectivity index (χ4v) is 0.984. The van der Waals surface area contributed by atoms with Crippen LogP contribution in [0, 0.1) is 5.41 Å². The largest absolute Gasteiger partial charge is 0.392 e. The van der Waals surface area contributed by atoms with Gasteiger partial charge in [0.1, 0.15) is 6.33 Å². The van der Waals surface area contributed by atoms with Crippen molar-refractivity contribution in [2.75, 3.05) is 0 Å². The molecule has 78 valence electrons. The second-order valence-corrected chi connectivity index (χ2v) is 4.45. The summed E-state index contributed by atoms with van der Waals surface area (Å²) < 4.78 is 1.38. The molecule has 0 bridgehead atoms. The van der Waals surface area contributed by atoms with Crippen LogP contribution in [0.3, 0.4) is 0 Å². The second kappa shape index (κ2) is 3.92. The van der Waals surface area contributed by atoms with Gasteiger partial charge in [-0.15, -0.1) is 0 Å². The summed E-state index contributed by atoms with van der Waals surface area (Å²) in [5.74, 6) is -0.134. The number of nitrogens with zero attached hydrogens (tertiary/aromatic N) is 2. The molecule has 0 saturated heterocycles. The Kier molecular flexibility index (Phi) is 3.06. The SMILES string of the molecule is CC(C)(C)C(O)CC(=O)n1ccnc1. The van der Waals surface area contributed by atoms with Gasteiger partial charge in [0.2, 0.25) is 5.91 Å². The first-order valence-corrected chi connectivity index (χ1v) is 4.60. The third-order valence-corrected chi connectivity index (χ3v) is 2.16. The summed E-state index contributed by atoms with van der Waals surface area (Å²) in [6.07, 6.45) is 4.06. The zero-order chi connectivity index (χ0) is 10.8. The van der Waals surface area contributed by atoms with Gasteiger partial charge < -0.3 is 5.11 Å². The van der Waals surface area contributed by atoms with Crippen LogP contribution < -0.4 is 0 Å². The lowest BCUT2D eigenvalue weighted by Gasteiger charge is -2.24. The van der Waals surface area contributed by atoms with Gasteiger partial charge in [-0.2, -0.15) is 0 Å². The van der Waals surface area contributed by atoms with Crippen molar-refractivity contribution in [3.63, 3.8) is 0 Å². The summed E-state index contributed by atoms with van der Waals surface area (Å²) in [6, 6.07) is 0. The quantitative estimate of drug-likeness (QED) is 0.776. The smallest absolute Gasteiger partial charge is 0.234 e. The molecule has 0 aliphatic heterocycles. The molecule has 1 N–H and O–H groups in total. The minimum absolute atomic E-state index is 0.125. The molecule has 4 heteroatoms. The molecule has 0 saturated carbocycles. The van der Waals surface area contributed by atoms with E-state index in [4.69, 9.17) is 0 Å². The van der Waals surface area contributed by atoms with E-state index in [0.717, 1.165) is 0 Å². The molecule has 0 aliphatic rings. The molecule has 1 rings (SSSR count). The predicted molar refractivity (Wildman–Crippen MR) is 52.9 cm³/mol. The van der Waals surface area contributed by atoms with Gasteiger partial charge in [-0.1, -0.05) is 20.8 Å². The third-order valence-electron chi connectivity index (χ3n) is 2.16. The fourth-order valence-electron chi connectivity index (χ4n) is 0.984. The van der Waals surface area contributed by atoms with E-state index in [9.17, 15) is 9.90 Å². The fraction of sp³-hybridized carbons (Fsp3) is 0.600. The molecular formula is C10H16N2O2. The maximum Gasteiger partial charge on any atom is 0.234 e. The molecule has 1 unspecified atom stereocenters. The third kappa shape index (κ3) is 2.67. The molecule has 14 heavy (non-hydrogen) atoms. The summed E-state index contributed by atoms with van der Waals surface area (Å²) in [5.41, 5.74) is -0.268. The highest BCUT2D eigenvalue weighted by molar-refractivity contribution is 5.79. The molecule has 0 aliphatic carbocycles. The van der Waals surface area contributed by atoms with Gasteiger partial charge in [-0.05, 0) is 5.41 Å². The highest BCUT2D eigenvalue weighted by Gasteiger charge is 2.24. The van der Waals surface area contributed by atoms with Gasteiger partial charge in [0.15, 0.2) is 0 Å². The lowest BCUT2D eigenvalue weighted by molar-refractivity contribution is 0.0450. The van der Waals surface area contributed by atoms with Crippen molar-refractivity contribution < 1.29 is 9.90 Å². The van der Waals surface area contributed by atoms with E-state index >= 15 is 0 Å². The number of aliphatic hydroxyl groups is 1. The van der Waals surface area contributed by atoms with Crippen LogP contribution in [0.1, 0.15) is 32.0 Å². The van der Waals surface area contributed by atoms with Crippen molar-refractivity contribution in [3.8, 4) is 0 Å². The Morgan fingerprint density at radius 1 is 1.57 bits per heavy atom. The Bertz CT molecular complexity index is 298. The van der Waals surface area contributed by atoms with Gasteiger partial charge in [0.25, 0.3) is 0 Å². The topological polar surface area (TPSA) is 55.1 Å². The molecule has 0 fully saturated rings. The summed E-state index contributed by atoms with van der Waals surface area (Å²) in [5, 5.41) is 9.70. The van der Waals surface area contributed by atoms with Gasteiger partial charge in [0.05, 0.1) is 12.5 Å². The highest BCUT2D eigenvalue weighted by Crippen LogP contribution is 2.21. The van der Waals surface area contributed by atoms with Gasteiger partial charge in [-0.25, -0.2) is 4.98 Å². The molecule has 1 aromatic heterocycles. The van der Waals surface area contributed by atoms with Crippen molar-refractivity contribution >= 4 is 5.91 Å². The summed E-state index contributed by atoms with van der Waals surface area (Å²) in [4.78, 5) is 15.3. The number of hydrogen-bond acceptors (Lipinski definition) is 3. The van der Waals surface area contributed by atoms with Crippen LogP contribution >= 0.6 is 0 Å². The van der Waals surface area contributed by atoms with Gasteiger partial charge in [-0.3, -0.25) is 9.36 Å². The molecule has 1 atom stereocenters. The van der Waals surface area contributed by atoms with Crippen molar-refractivity contribution in [3.05, 3.63) is 18.7 Å². The van der Waals surface area contributed by atoms with Crippen LogP contribution in [0.5, 0.6) is 0 Å². The molecule has 0 spiro atoms. The number of aromatic nitrogens is 2. The molecule has 1 heterocycles. The molecular weight excluding hydrogens is 180 g/mol. The Hall–Kier alpha value is -1.16. The zero-order valence-corrected chi connectivity index (χ0v) is 8.77. The van der Waals surface area contributed by atoms with E-state index in [1.54, 1.807) is 12.4 Å². The van der Waals surface area contributed by atoms with Gasteiger partial charge in [0, 0.05) is 12.4 Å². The number of carbonyl (C=O) groups is 1. The number of rotatable bonds is 2. The van der Waals surface area contributed by atoms with Crippen molar-refractivity contribution in [2.24, 2.45) is 5.41 Å². The van der Waals surface area contributed by atoms with Crippen LogP contribution in [-0.4, -0.2) is 26.7 Å². The van der Waals surface area contributed by atoms with E-state index in [2.05, 4.69) is 4.98 Å². The average molecular weight is 196 g/mol. The summed E-state index contributed by atoms with van der Waals surface area (Å²) in [6.45, 7) is 5.70. The average Bonchev–Trinajstić information content (AvgIpc) is 2.53. The Labute approximate surface area is 83.6 Å². The van der Waals surface area contributed by atoms with Crippen LogP contribution in [0.15, 0.2) is 18.7 Å². The van der Waals surface area contributed by atoms with Crippen LogP contribution in [0.2, 0.25) is 0 Å². The van der Waals surface area contributed by atoms with E-state index in [1.165, 1.54) is 10.9 Å². The Balaban J connectivity index is 2.58. The summed E-state index contributed by atoms with van der Waals surface area (Å²) in [7, 11) is 0. The second-order valence-electron chi connectivity index (χ2n) is 4.45. The normalized spacial score (nSPS) is 14.0. The maximum absolute atomic E-state index is 11.5. The van der Waals surface area contributed by atoms with Crippen molar-refractivity contribution in [2.45, 2.75) is 33.3 Å². The van der Waals surface area contributed by atoms with Crippen LogP contribution in [0.4, 0.5) is 0 Å². The highest BCUT2D eigenvalue weighted by atomic mass is 16.3. The lowest BCUT2D eigenvalue weighted by atomic mass is 9.87. The first kappa shape index (κ1) is 10.9. The van der Waals surface area contributed by atoms with Crippen LogP contribution in [-0.2, 0) is 0 Å². The van der Waals surface area contributed by atoms with E-state index in [-0.39, 0.29) is 17.7 Å². The summed E-state index contributed by atoms with van der Waals surface area (Å²) >= 11 is 0. The minimum atomic E-state index is -0.627. The molecule has 0 amide bonds. The first-order valence-electron chi connectivity index (χ1n) is 4.60. The molecule has 1 aromatic rings. The number of hydrogen-bond donors (Lipinski definition) is 1. The molecule has 0 radical (unpaired) electrons. The maximum atomic E-state index is 11.5. The zero-order valence-electron chi connectivity index (χ0n) is 8.77. The van der Waals surface area contributed by atoms with Crippen molar-refractivity contribution in [1.29, 1.82) is 0 Å². The predicted octanol–water partition coefficient (Wildman–Crippen LogP) is 1.32. The van der Waals surface area contributed by atoms with E-state index in [0.29, 0.717) is 0 Å². The lowest BCUT2D eigenvalue weighted by Crippen LogP contribution is -2.30. The monoisotopic (exact) mass is 196 g/mol. The standard InChI is InChI=1S/C10H16N2O2/c1-10(2,3)8(13)6-9(14)12-5-4-11-7-12/h4-5,7-8,13H,6H2,1-3H3. The molecule has 4 nitrogen and oxygen atoms in total. The number of carbonyl (C=O) groups excluding carboxylic acids is 1. The first-order chi connectivity index (χ1) is 6.41. The molecule has 0 aromatic carbocycles.